The number of carbonyl (C=O) groups is 1. The topological polar surface area (TPSA) is 45.2 Å². The Bertz CT molecular complexity index is 699. The summed E-state index contributed by atoms with van der Waals surface area (Å²) in [6.07, 6.45) is -1.73. The van der Waals surface area contributed by atoms with Crippen molar-refractivity contribution in [2.24, 2.45) is 0 Å². The molecule has 0 bridgehead atoms. The lowest BCUT2D eigenvalue weighted by atomic mass is 10.1. The number of hydrazine groups is 1. The van der Waals surface area contributed by atoms with Gasteiger partial charge >= 0.3 is 6.18 Å². The molecule has 110 valence electrons. The Labute approximate surface area is 118 Å². The maximum atomic E-state index is 12.8. The largest absolute Gasteiger partial charge is 0.416 e. The number of nitrogens with zero attached hydrogens (tertiary/aromatic N) is 2. The highest BCUT2D eigenvalue weighted by Gasteiger charge is 2.31. The van der Waals surface area contributed by atoms with Crippen LogP contribution in [-0.2, 0) is 11.0 Å². The molecule has 1 saturated heterocycles. The molecule has 1 aliphatic rings. The summed E-state index contributed by atoms with van der Waals surface area (Å²) in [7, 11) is 0. The normalized spacial score (nSPS) is 15.8. The maximum Gasteiger partial charge on any atom is 0.416 e. The first-order valence-corrected chi connectivity index (χ1v) is 6.48. The van der Waals surface area contributed by atoms with Crippen LogP contribution in [0.2, 0.25) is 0 Å². The van der Waals surface area contributed by atoms with Gasteiger partial charge < -0.3 is 0 Å². The van der Waals surface area contributed by atoms with Crippen molar-refractivity contribution in [1.29, 1.82) is 0 Å². The summed E-state index contributed by atoms with van der Waals surface area (Å²) in [5.41, 5.74) is 3.04. The highest BCUT2D eigenvalue weighted by molar-refractivity contribution is 5.92. The number of benzene rings is 1. The van der Waals surface area contributed by atoms with E-state index in [0.717, 1.165) is 18.6 Å². The Morgan fingerprint density at radius 3 is 2.71 bits per heavy atom. The molecule has 0 radical (unpaired) electrons. The van der Waals surface area contributed by atoms with Gasteiger partial charge in [-0.15, -0.1) is 0 Å². The summed E-state index contributed by atoms with van der Waals surface area (Å²) in [5, 5.41) is 1.77. The van der Waals surface area contributed by atoms with E-state index in [2.05, 4.69) is 10.4 Å². The predicted molar refractivity (Wildman–Crippen MR) is 71.3 cm³/mol. The molecule has 21 heavy (non-hydrogen) atoms. The Morgan fingerprint density at radius 2 is 2.05 bits per heavy atom. The number of carbonyl (C=O) groups excluding carboxylic acids is 1. The van der Waals surface area contributed by atoms with Crippen LogP contribution in [0, 0.1) is 0 Å². The van der Waals surface area contributed by atoms with Crippen molar-refractivity contribution in [3.8, 4) is 0 Å². The molecule has 1 aromatic carbocycles. The summed E-state index contributed by atoms with van der Waals surface area (Å²) in [4.78, 5) is 15.7. The number of alkyl halides is 3. The molecule has 2 aromatic rings. The maximum absolute atomic E-state index is 12.8. The zero-order chi connectivity index (χ0) is 15.0. The van der Waals surface area contributed by atoms with Crippen molar-refractivity contribution in [2.75, 3.05) is 12.0 Å². The summed E-state index contributed by atoms with van der Waals surface area (Å²) < 4.78 is 38.4. The Hall–Kier alpha value is -2.31. The highest BCUT2D eigenvalue weighted by atomic mass is 19.4. The van der Waals surface area contributed by atoms with Crippen molar-refractivity contribution in [2.45, 2.75) is 19.0 Å². The monoisotopic (exact) mass is 295 g/mol. The van der Waals surface area contributed by atoms with Crippen LogP contribution < -0.4 is 5.43 Å². The van der Waals surface area contributed by atoms with Crippen LogP contribution in [0.25, 0.3) is 10.9 Å². The third kappa shape index (κ3) is 2.63. The molecule has 4 nitrogen and oxygen atoms in total. The van der Waals surface area contributed by atoms with Gasteiger partial charge in [0, 0.05) is 24.5 Å². The van der Waals surface area contributed by atoms with E-state index in [1.165, 1.54) is 17.3 Å². The average Bonchev–Trinajstić information content (AvgIpc) is 2.83. The molecule has 1 aromatic heterocycles. The van der Waals surface area contributed by atoms with E-state index in [1.54, 1.807) is 6.07 Å². The summed E-state index contributed by atoms with van der Waals surface area (Å²) in [6, 6.07) is 4.94. The van der Waals surface area contributed by atoms with Gasteiger partial charge in [0.1, 0.15) is 0 Å². The second kappa shape index (κ2) is 4.91. The van der Waals surface area contributed by atoms with Crippen molar-refractivity contribution < 1.29 is 18.0 Å². The van der Waals surface area contributed by atoms with Gasteiger partial charge in [0.2, 0.25) is 5.91 Å². The van der Waals surface area contributed by atoms with Crippen molar-refractivity contribution in [3.05, 3.63) is 36.0 Å². The fraction of sp³-hybridized carbons (Fsp3) is 0.286. The number of aromatic nitrogens is 1. The molecule has 0 unspecified atom stereocenters. The molecule has 1 fully saturated rings. The molecule has 0 spiro atoms. The molecule has 1 amide bonds. The van der Waals surface area contributed by atoms with Gasteiger partial charge in [-0.1, -0.05) is 0 Å². The third-order valence-corrected chi connectivity index (χ3v) is 3.40. The second-order valence-electron chi connectivity index (χ2n) is 4.85. The zero-order valence-electron chi connectivity index (χ0n) is 10.9. The van der Waals surface area contributed by atoms with Gasteiger partial charge in [0.05, 0.1) is 16.8 Å². The molecule has 2 heterocycles. The number of hydrogen-bond donors (Lipinski definition) is 1. The Balaban J connectivity index is 2.03. The summed E-state index contributed by atoms with van der Waals surface area (Å²) >= 11 is 0. The molecule has 0 aliphatic carbocycles. The first-order chi connectivity index (χ1) is 9.95. The van der Waals surface area contributed by atoms with E-state index in [1.807, 2.05) is 0 Å². The minimum atomic E-state index is -4.41. The number of nitrogens with one attached hydrogen (secondary N) is 1. The molecule has 0 atom stereocenters. The van der Waals surface area contributed by atoms with Crippen LogP contribution in [0.3, 0.4) is 0 Å². The second-order valence-corrected chi connectivity index (χ2v) is 4.85. The quantitative estimate of drug-likeness (QED) is 0.925. The molecule has 7 heteroatoms. The van der Waals surface area contributed by atoms with Gasteiger partial charge in [-0.3, -0.25) is 20.2 Å². The fourth-order valence-corrected chi connectivity index (χ4v) is 2.33. The van der Waals surface area contributed by atoms with Crippen LogP contribution in [0.4, 0.5) is 18.9 Å². The van der Waals surface area contributed by atoms with E-state index < -0.39 is 11.7 Å². The number of anilines is 1. The zero-order valence-corrected chi connectivity index (χ0v) is 10.9. The molecule has 1 N–H and O–H groups in total. The van der Waals surface area contributed by atoms with E-state index >= 15 is 0 Å². The number of amides is 1. The van der Waals surface area contributed by atoms with E-state index in [-0.39, 0.29) is 5.91 Å². The van der Waals surface area contributed by atoms with Crippen molar-refractivity contribution >= 4 is 22.5 Å². The van der Waals surface area contributed by atoms with Gasteiger partial charge in [-0.2, -0.15) is 13.2 Å². The van der Waals surface area contributed by atoms with Gasteiger partial charge in [-0.25, -0.2) is 0 Å². The first-order valence-electron chi connectivity index (χ1n) is 6.48. The predicted octanol–water partition coefficient (Wildman–Crippen LogP) is 3.20. The van der Waals surface area contributed by atoms with E-state index in [9.17, 15) is 18.0 Å². The van der Waals surface area contributed by atoms with Gasteiger partial charge in [0.25, 0.3) is 0 Å². The van der Waals surface area contributed by atoms with Crippen LogP contribution in [0.1, 0.15) is 18.4 Å². The van der Waals surface area contributed by atoms with E-state index in [0.29, 0.717) is 29.6 Å². The standard InChI is InChI=1S/C14H12F3N3O/c15-14(16,17)9-3-4-11-10(8-9)12(5-6-18-11)19-20-7-1-2-13(20)21/h3-6,8H,1-2,7H2,(H,18,19). The fourth-order valence-electron chi connectivity index (χ4n) is 2.33. The number of rotatable bonds is 2. The molecule has 3 rings (SSSR count). The van der Waals surface area contributed by atoms with Crippen molar-refractivity contribution in [3.63, 3.8) is 0 Å². The Morgan fingerprint density at radius 1 is 1.24 bits per heavy atom. The first kappa shape index (κ1) is 13.7. The van der Waals surface area contributed by atoms with Crippen LogP contribution in [-0.4, -0.2) is 22.4 Å². The van der Waals surface area contributed by atoms with Gasteiger partial charge in [-0.05, 0) is 30.7 Å². The third-order valence-electron chi connectivity index (χ3n) is 3.40. The molecular formula is C14H12F3N3O. The summed E-state index contributed by atoms with van der Waals surface area (Å²) in [5.74, 6) is -0.0630. The lowest BCUT2D eigenvalue weighted by Crippen LogP contribution is -2.30. The number of fused-ring (bicyclic) bond motifs is 1. The number of halogens is 3. The summed E-state index contributed by atoms with van der Waals surface area (Å²) in [6.45, 7) is 0.543. The molecule has 0 saturated carbocycles. The SMILES string of the molecule is O=C1CCCN1Nc1ccnc2ccc(C(F)(F)F)cc12. The number of hydrogen-bond acceptors (Lipinski definition) is 3. The average molecular weight is 295 g/mol. The molecule has 1 aliphatic heterocycles. The lowest BCUT2D eigenvalue weighted by Gasteiger charge is -2.19. The highest BCUT2D eigenvalue weighted by Crippen LogP contribution is 2.33. The van der Waals surface area contributed by atoms with Crippen LogP contribution in [0.5, 0.6) is 0 Å². The van der Waals surface area contributed by atoms with Crippen LogP contribution >= 0.6 is 0 Å². The molecular weight excluding hydrogens is 283 g/mol. The van der Waals surface area contributed by atoms with Gasteiger partial charge in [0.15, 0.2) is 0 Å². The minimum Gasteiger partial charge on any atom is -0.295 e. The number of pyridine rings is 1. The smallest absolute Gasteiger partial charge is 0.295 e. The van der Waals surface area contributed by atoms with E-state index in [4.69, 9.17) is 0 Å². The van der Waals surface area contributed by atoms with Crippen LogP contribution in [0.15, 0.2) is 30.5 Å². The minimum absolute atomic E-state index is 0.0630. The lowest BCUT2D eigenvalue weighted by molar-refractivity contribution is -0.137. The van der Waals surface area contributed by atoms with Crippen molar-refractivity contribution in [1.82, 2.24) is 9.99 Å². The Kier molecular flexibility index (Phi) is 3.19.